The van der Waals surface area contributed by atoms with E-state index < -0.39 is 0 Å². The normalized spacial score (nSPS) is 25.6. The number of aryl methyl sites for hydroxylation is 1. The molecule has 2 fully saturated rings. The molecule has 0 saturated carbocycles. The Morgan fingerprint density at radius 1 is 1.21 bits per heavy atom. The van der Waals surface area contributed by atoms with Gasteiger partial charge in [-0.15, -0.1) is 0 Å². The van der Waals surface area contributed by atoms with E-state index >= 15 is 0 Å². The molecule has 3 aliphatic rings. The van der Waals surface area contributed by atoms with Crippen LogP contribution in [-0.4, -0.2) is 48.3 Å². The summed E-state index contributed by atoms with van der Waals surface area (Å²) < 4.78 is 10.9. The van der Waals surface area contributed by atoms with Crippen LogP contribution in [0.3, 0.4) is 0 Å². The van der Waals surface area contributed by atoms with Crippen LogP contribution in [0.25, 0.3) is 0 Å². The minimum absolute atomic E-state index is 0.117. The second kappa shape index (κ2) is 7.23. The Morgan fingerprint density at radius 3 is 2.79 bits per heavy atom. The lowest BCUT2D eigenvalue weighted by Crippen LogP contribution is -2.43. The highest BCUT2D eigenvalue weighted by Crippen LogP contribution is 2.27. The highest BCUT2D eigenvalue weighted by Gasteiger charge is 2.30. The molecule has 1 amide bonds. The molecule has 0 aromatic carbocycles. The summed E-state index contributed by atoms with van der Waals surface area (Å²) in [4.78, 5) is 14.9. The van der Waals surface area contributed by atoms with Gasteiger partial charge in [0.15, 0.2) is 0 Å². The van der Waals surface area contributed by atoms with Gasteiger partial charge in [0, 0.05) is 43.7 Å². The highest BCUT2D eigenvalue weighted by atomic mass is 16.5. The van der Waals surface area contributed by atoms with Crippen molar-refractivity contribution in [3.63, 3.8) is 0 Å². The van der Waals surface area contributed by atoms with Crippen molar-refractivity contribution in [3.05, 3.63) is 17.0 Å². The maximum absolute atomic E-state index is 12.5. The number of ether oxygens (including phenoxy) is 1. The quantitative estimate of drug-likeness (QED) is 0.908. The first kappa shape index (κ1) is 16.1. The monoisotopic (exact) mass is 333 g/mol. The van der Waals surface area contributed by atoms with Crippen LogP contribution in [0, 0.1) is 5.92 Å². The molecular weight excluding hydrogens is 306 g/mol. The summed E-state index contributed by atoms with van der Waals surface area (Å²) in [7, 11) is 0. The third kappa shape index (κ3) is 3.49. The summed E-state index contributed by atoms with van der Waals surface area (Å²) in [5, 5.41) is 7.58. The SMILES string of the molecule is O=C(NC1CCc2onc(CN3CCCC3)c2C1)C1CCOCC1. The second-order valence-corrected chi connectivity index (χ2v) is 7.35. The number of nitrogens with one attached hydrogen (secondary N) is 1. The van der Waals surface area contributed by atoms with Gasteiger partial charge in [0.1, 0.15) is 11.5 Å². The summed E-state index contributed by atoms with van der Waals surface area (Å²) in [5.74, 6) is 1.34. The topological polar surface area (TPSA) is 67.6 Å². The maximum atomic E-state index is 12.5. The number of nitrogens with zero attached hydrogens (tertiary/aromatic N) is 2. The maximum Gasteiger partial charge on any atom is 0.223 e. The zero-order valence-corrected chi connectivity index (χ0v) is 14.3. The van der Waals surface area contributed by atoms with E-state index in [1.165, 1.54) is 18.4 Å². The van der Waals surface area contributed by atoms with Crippen molar-refractivity contribution in [2.75, 3.05) is 26.3 Å². The van der Waals surface area contributed by atoms with Gasteiger partial charge in [-0.2, -0.15) is 0 Å². The van der Waals surface area contributed by atoms with E-state index in [4.69, 9.17) is 9.26 Å². The molecule has 1 aliphatic carbocycles. The third-order valence-electron chi connectivity index (χ3n) is 5.63. The predicted octanol–water partition coefficient (Wildman–Crippen LogP) is 1.67. The molecule has 0 spiro atoms. The molecule has 24 heavy (non-hydrogen) atoms. The van der Waals surface area contributed by atoms with Gasteiger partial charge in [-0.25, -0.2) is 0 Å². The number of hydrogen-bond donors (Lipinski definition) is 1. The molecule has 1 aromatic heterocycles. The lowest BCUT2D eigenvalue weighted by atomic mass is 9.90. The summed E-state index contributed by atoms with van der Waals surface area (Å²) in [6.45, 7) is 4.62. The van der Waals surface area contributed by atoms with E-state index in [-0.39, 0.29) is 17.9 Å². The van der Waals surface area contributed by atoms with Gasteiger partial charge >= 0.3 is 0 Å². The van der Waals surface area contributed by atoms with Gasteiger partial charge in [0.05, 0.1) is 0 Å². The zero-order chi connectivity index (χ0) is 16.4. The minimum atomic E-state index is 0.117. The second-order valence-electron chi connectivity index (χ2n) is 7.35. The molecule has 1 N–H and O–H groups in total. The van der Waals surface area contributed by atoms with E-state index in [0.29, 0.717) is 13.2 Å². The van der Waals surface area contributed by atoms with E-state index in [1.807, 2.05) is 0 Å². The Bertz CT molecular complexity index is 574. The van der Waals surface area contributed by atoms with Gasteiger partial charge in [-0.05, 0) is 51.6 Å². The number of hydrogen-bond acceptors (Lipinski definition) is 5. The average molecular weight is 333 g/mol. The van der Waals surface area contributed by atoms with Crippen molar-refractivity contribution in [3.8, 4) is 0 Å². The predicted molar refractivity (Wildman–Crippen MR) is 88.5 cm³/mol. The largest absolute Gasteiger partial charge is 0.381 e. The Morgan fingerprint density at radius 2 is 2.00 bits per heavy atom. The van der Waals surface area contributed by atoms with Crippen LogP contribution in [0.2, 0.25) is 0 Å². The van der Waals surface area contributed by atoms with Crippen LogP contribution in [0.5, 0.6) is 0 Å². The van der Waals surface area contributed by atoms with Gasteiger partial charge in [-0.1, -0.05) is 5.16 Å². The Hall–Kier alpha value is -1.40. The lowest BCUT2D eigenvalue weighted by molar-refractivity contribution is -0.128. The number of carbonyl (C=O) groups excluding carboxylic acids is 1. The molecule has 1 aromatic rings. The molecule has 6 nitrogen and oxygen atoms in total. The summed E-state index contributed by atoms with van der Waals surface area (Å²) in [6.07, 6.45) is 6.93. The van der Waals surface area contributed by atoms with Crippen molar-refractivity contribution < 1.29 is 14.1 Å². The average Bonchev–Trinajstić information content (AvgIpc) is 3.26. The van der Waals surface area contributed by atoms with Gasteiger partial charge in [-0.3, -0.25) is 9.69 Å². The number of rotatable bonds is 4. The van der Waals surface area contributed by atoms with Crippen LogP contribution in [0.15, 0.2) is 4.52 Å². The Labute approximate surface area is 142 Å². The van der Waals surface area contributed by atoms with Crippen LogP contribution < -0.4 is 5.32 Å². The van der Waals surface area contributed by atoms with E-state index in [9.17, 15) is 4.79 Å². The first-order chi connectivity index (χ1) is 11.8. The van der Waals surface area contributed by atoms with Gasteiger partial charge < -0.3 is 14.6 Å². The van der Waals surface area contributed by atoms with Crippen molar-refractivity contribution in [1.82, 2.24) is 15.4 Å². The zero-order valence-electron chi connectivity index (χ0n) is 14.3. The summed E-state index contributed by atoms with van der Waals surface area (Å²) in [5.41, 5.74) is 2.32. The van der Waals surface area contributed by atoms with Crippen molar-refractivity contribution >= 4 is 5.91 Å². The molecule has 2 saturated heterocycles. The third-order valence-corrected chi connectivity index (χ3v) is 5.63. The highest BCUT2D eigenvalue weighted by molar-refractivity contribution is 5.79. The van der Waals surface area contributed by atoms with Crippen LogP contribution >= 0.6 is 0 Å². The molecule has 1 unspecified atom stereocenters. The van der Waals surface area contributed by atoms with Crippen LogP contribution in [-0.2, 0) is 28.9 Å². The fraction of sp³-hybridized carbons (Fsp3) is 0.778. The number of likely N-dealkylation sites (tertiary alicyclic amines) is 1. The molecule has 1 atom stereocenters. The number of carbonyl (C=O) groups is 1. The van der Waals surface area contributed by atoms with Gasteiger partial charge in [0.2, 0.25) is 5.91 Å². The fourth-order valence-electron chi connectivity index (χ4n) is 4.14. The molecule has 6 heteroatoms. The molecule has 0 radical (unpaired) electrons. The van der Waals surface area contributed by atoms with Crippen molar-refractivity contribution in [1.29, 1.82) is 0 Å². The first-order valence-corrected chi connectivity index (χ1v) is 9.36. The molecule has 2 aliphatic heterocycles. The van der Waals surface area contributed by atoms with E-state index in [2.05, 4.69) is 15.4 Å². The summed E-state index contributed by atoms with van der Waals surface area (Å²) >= 11 is 0. The molecule has 132 valence electrons. The number of aromatic nitrogens is 1. The van der Waals surface area contributed by atoms with Crippen LogP contribution in [0.1, 0.15) is 49.1 Å². The molecule has 4 rings (SSSR count). The molecular formula is C18H27N3O3. The van der Waals surface area contributed by atoms with Gasteiger partial charge in [0.25, 0.3) is 0 Å². The van der Waals surface area contributed by atoms with Crippen LogP contribution in [0.4, 0.5) is 0 Å². The van der Waals surface area contributed by atoms with Crippen molar-refractivity contribution in [2.24, 2.45) is 5.92 Å². The van der Waals surface area contributed by atoms with E-state index in [1.54, 1.807) is 0 Å². The Balaban J connectivity index is 1.37. The summed E-state index contributed by atoms with van der Waals surface area (Å²) in [6, 6.07) is 0.213. The standard InChI is InChI=1S/C18H27N3O3/c22-18(13-5-9-23-10-6-13)19-14-3-4-17-15(11-14)16(20-24-17)12-21-7-1-2-8-21/h13-14H,1-12H2,(H,19,22). The Kier molecular flexibility index (Phi) is 4.85. The number of fused-ring (bicyclic) bond motifs is 1. The molecule has 0 bridgehead atoms. The molecule has 3 heterocycles. The fourth-order valence-corrected chi connectivity index (χ4v) is 4.14. The smallest absolute Gasteiger partial charge is 0.223 e. The number of amides is 1. The first-order valence-electron chi connectivity index (χ1n) is 9.36. The van der Waals surface area contributed by atoms with E-state index in [0.717, 1.165) is 63.2 Å². The van der Waals surface area contributed by atoms with Crippen molar-refractivity contribution in [2.45, 2.75) is 57.5 Å². The minimum Gasteiger partial charge on any atom is -0.381 e. The lowest BCUT2D eigenvalue weighted by Gasteiger charge is -2.27.